The van der Waals surface area contributed by atoms with E-state index >= 15 is 0 Å². The molecule has 0 heterocycles. The molecule has 2 aromatic carbocycles. The largest absolute Gasteiger partial charge is 0.0619 e. The van der Waals surface area contributed by atoms with Gasteiger partial charge in [-0.1, -0.05) is 74.2 Å². The predicted octanol–water partition coefficient (Wildman–Crippen LogP) is 5.86. The summed E-state index contributed by atoms with van der Waals surface area (Å²) in [5, 5.41) is 0. The second-order valence-corrected chi connectivity index (χ2v) is 7.13. The van der Waals surface area contributed by atoms with Gasteiger partial charge in [-0.15, -0.1) is 0 Å². The summed E-state index contributed by atoms with van der Waals surface area (Å²) >= 11 is 0. The first kappa shape index (κ1) is 13.1. The molecule has 1 unspecified atom stereocenters. The molecule has 1 atom stereocenters. The van der Waals surface area contributed by atoms with Crippen molar-refractivity contribution in [3.8, 4) is 11.1 Å². The van der Waals surface area contributed by atoms with Crippen LogP contribution in [0.3, 0.4) is 0 Å². The molecule has 0 aromatic heterocycles. The van der Waals surface area contributed by atoms with Crippen molar-refractivity contribution in [1.82, 2.24) is 0 Å². The third-order valence-corrected chi connectivity index (χ3v) is 5.93. The van der Waals surface area contributed by atoms with Crippen LogP contribution >= 0.6 is 0 Å². The Labute approximate surface area is 128 Å². The molecule has 21 heavy (non-hydrogen) atoms. The lowest BCUT2D eigenvalue weighted by atomic mass is 9.65. The van der Waals surface area contributed by atoms with Crippen LogP contribution in [0.4, 0.5) is 0 Å². The summed E-state index contributed by atoms with van der Waals surface area (Å²) in [5.41, 5.74) is 7.71. The zero-order valence-electron chi connectivity index (χ0n) is 13.2. The quantitative estimate of drug-likeness (QED) is 0.612. The molecule has 0 amide bonds. The Morgan fingerprint density at radius 3 is 2.38 bits per heavy atom. The van der Waals surface area contributed by atoms with Crippen molar-refractivity contribution in [3.05, 3.63) is 59.2 Å². The van der Waals surface area contributed by atoms with E-state index < -0.39 is 0 Å². The van der Waals surface area contributed by atoms with E-state index in [-0.39, 0.29) is 5.41 Å². The molecular formula is C21H24. The van der Waals surface area contributed by atoms with E-state index in [9.17, 15) is 0 Å². The number of fused-ring (bicyclic) bond motifs is 3. The van der Waals surface area contributed by atoms with E-state index in [0.717, 1.165) is 5.92 Å². The Kier molecular flexibility index (Phi) is 2.96. The third-order valence-electron chi connectivity index (χ3n) is 5.93. The first-order valence-electron chi connectivity index (χ1n) is 8.42. The van der Waals surface area contributed by atoms with Crippen molar-refractivity contribution in [2.24, 2.45) is 5.92 Å². The molecule has 2 aliphatic carbocycles. The molecule has 0 heteroatoms. The molecule has 1 fully saturated rings. The number of aryl methyl sites for hydroxylation is 1. The maximum Gasteiger partial charge on any atom is 0.0215 e. The van der Waals surface area contributed by atoms with E-state index in [1.165, 1.54) is 48.8 Å². The van der Waals surface area contributed by atoms with Gasteiger partial charge in [-0.3, -0.25) is 0 Å². The molecule has 0 saturated heterocycles. The topological polar surface area (TPSA) is 0 Å². The smallest absolute Gasteiger partial charge is 0.0215 e. The molecule has 108 valence electrons. The molecule has 0 N–H and O–H groups in total. The fraction of sp³-hybridized carbons (Fsp3) is 0.429. The lowest BCUT2D eigenvalue weighted by Gasteiger charge is -2.39. The fourth-order valence-electron chi connectivity index (χ4n) is 4.76. The predicted molar refractivity (Wildman–Crippen MR) is 89.6 cm³/mol. The van der Waals surface area contributed by atoms with Crippen molar-refractivity contribution in [1.29, 1.82) is 0 Å². The van der Waals surface area contributed by atoms with Crippen LogP contribution in [0.2, 0.25) is 0 Å². The van der Waals surface area contributed by atoms with Gasteiger partial charge in [-0.05, 0) is 47.9 Å². The van der Waals surface area contributed by atoms with E-state index in [1.807, 2.05) is 0 Å². The summed E-state index contributed by atoms with van der Waals surface area (Å²) in [4.78, 5) is 0. The number of hydrogen-bond acceptors (Lipinski definition) is 0. The molecule has 0 aliphatic heterocycles. The number of hydrogen-bond donors (Lipinski definition) is 0. The highest BCUT2D eigenvalue weighted by molar-refractivity contribution is 5.81. The SMILES string of the molecule is Cc1ccc2c(c1)C(C)(C1CCCCC1)c1ccccc1-2. The summed E-state index contributed by atoms with van der Waals surface area (Å²) in [7, 11) is 0. The lowest BCUT2D eigenvalue weighted by molar-refractivity contribution is 0.258. The molecule has 0 nitrogen and oxygen atoms in total. The lowest BCUT2D eigenvalue weighted by Crippen LogP contribution is -2.33. The van der Waals surface area contributed by atoms with Gasteiger partial charge >= 0.3 is 0 Å². The molecule has 2 aliphatic rings. The summed E-state index contributed by atoms with van der Waals surface area (Å²) < 4.78 is 0. The van der Waals surface area contributed by atoms with Crippen LogP contribution in [0.15, 0.2) is 42.5 Å². The van der Waals surface area contributed by atoms with Gasteiger partial charge in [0.2, 0.25) is 0 Å². The van der Waals surface area contributed by atoms with Gasteiger partial charge in [0, 0.05) is 5.41 Å². The van der Waals surface area contributed by atoms with Gasteiger partial charge in [0.15, 0.2) is 0 Å². The second kappa shape index (κ2) is 4.73. The molecular weight excluding hydrogens is 252 g/mol. The van der Waals surface area contributed by atoms with Crippen LogP contribution in [0, 0.1) is 12.8 Å². The van der Waals surface area contributed by atoms with Crippen molar-refractivity contribution >= 4 is 0 Å². The Morgan fingerprint density at radius 1 is 0.857 bits per heavy atom. The normalized spacial score (nSPS) is 24.7. The zero-order chi connectivity index (χ0) is 14.4. The highest BCUT2D eigenvalue weighted by Crippen LogP contribution is 2.55. The zero-order valence-corrected chi connectivity index (χ0v) is 13.2. The summed E-state index contributed by atoms with van der Waals surface area (Å²) in [5.74, 6) is 0.801. The fourth-order valence-corrected chi connectivity index (χ4v) is 4.76. The maximum atomic E-state index is 2.51. The first-order chi connectivity index (χ1) is 10.2. The molecule has 4 rings (SSSR count). The number of rotatable bonds is 1. The van der Waals surface area contributed by atoms with Gasteiger partial charge in [0.25, 0.3) is 0 Å². The van der Waals surface area contributed by atoms with Crippen LogP contribution < -0.4 is 0 Å². The highest BCUT2D eigenvalue weighted by atomic mass is 14.5. The van der Waals surface area contributed by atoms with E-state index in [4.69, 9.17) is 0 Å². The van der Waals surface area contributed by atoms with Crippen LogP contribution in [0.1, 0.15) is 55.7 Å². The van der Waals surface area contributed by atoms with E-state index in [1.54, 1.807) is 11.1 Å². The average Bonchev–Trinajstić information content (AvgIpc) is 2.79. The molecule has 0 spiro atoms. The summed E-state index contributed by atoms with van der Waals surface area (Å²) in [6, 6.07) is 16.2. The van der Waals surface area contributed by atoms with Crippen molar-refractivity contribution < 1.29 is 0 Å². The molecule has 2 aromatic rings. The summed E-state index contributed by atoms with van der Waals surface area (Å²) in [6.45, 7) is 4.73. The standard InChI is InChI=1S/C21H24/c1-15-12-13-18-17-10-6-7-11-19(17)21(2,20(18)14-15)16-8-4-3-5-9-16/h6-7,10-14,16H,3-5,8-9H2,1-2H3. The van der Waals surface area contributed by atoms with E-state index in [0.29, 0.717) is 0 Å². The van der Waals surface area contributed by atoms with Crippen LogP contribution in [-0.2, 0) is 5.41 Å². The van der Waals surface area contributed by atoms with Gasteiger partial charge in [0.1, 0.15) is 0 Å². The number of benzene rings is 2. The Hall–Kier alpha value is -1.56. The van der Waals surface area contributed by atoms with Gasteiger partial charge in [0.05, 0.1) is 0 Å². The van der Waals surface area contributed by atoms with Crippen LogP contribution in [0.25, 0.3) is 11.1 Å². The Morgan fingerprint density at radius 2 is 1.57 bits per heavy atom. The van der Waals surface area contributed by atoms with Crippen LogP contribution in [0.5, 0.6) is 0 Å². The Balaban J connectivity index is 1.95. The first-order valence-corrected chi connectivity index (χ1v) is 8.42. The molecule has 0 radical (unpaired) electrons. The Bertz CT molecular complexity index is 676. The molecule has 1 saturated carbocycles. The van der Waals surface area contributed by atoms with Crippen molar-refractivity contribution in [3.63, 3.8) is 0 Å². The van der Waals surface area contributed by atoms with Gasteiger partial charge < -0.3 is 0 Å². The van der Waals surface area contributed by atoms with Gasteiger partial charge in [-0.25, -0.2) is 0 Å². The highest BCUT2D eigenvalue weighted by Gasteiger charge is 2.44. The summed E-state index contributed by atoms with van der Waals surface area (Å²) in [6.07, 6.45) is 7.01. The minimum Gasteiger partial charge on any atom is -0.0619 e. The minimum absolute atomic E-state index is 0.221. The minimum atomic E-state index is 0.221. The van der Waals surface area contributed by atoms with Crippen LogP contribution in [-0.4, -0.2) is 0 Å². The second-order valence-electron chi connectivity index (χ2n) is 7.13. The monoisotopic (exact) mass is 276 g/mol. The van der Waals surface area contributed by atoms with Crippen molar-refractivity contribution in [2.75, 3.05) is 0 Å². The van der Waals surface area contributed by atoms with E-state index in [2.05, 4.69) is 56.3 Å². The maximum absolute atomic E-state index is 2.51. The molecule has 0 bridgehead atoms. The van der Waals surface area contributed by atoms with Crippen molar-refractivity contribution in [2.45, 2.75) is 51.4 Å². The van der Waals surface area contributed by atoms with Gasteiger partial charge in [-0.2, -0.15) is 0 Å². The average molecular weight is 276 g/mol. The third kappa shape index (κ3) is 1.81.